The molecule has 1 aromatic rings. The quantitative estimate of drug-likeness (QED) is 0.333. The third-order valence-corrected chi connectivity index (χ3v) is 4.86. The highest BCUT2D eigenvalue weighted by Gasteiger charge is 2.16. The van der Waals surface area contributed by atoms with Crippen molar-refractivity contribution in [2.75, 3.05) is 39.8 Å². The minimum Gasteiger partial charge on any atom is -0.489 e. The van der Waals surface area contributed by atoms with Crippen LogP contribution >= 0.6 is 24.0 Å². The number of guanidine groups is 1. The van der Waals surface area contributed by atoms with Gasteiger partial charge in [-0.25, -0.2) is 4.99 Å². The molecule has 0 bridgehead atoms. The van der Waals surface area contributed by atoms with Crippen LogP contribution in [0.5, 0.6) is 5.75 Å². The van der Waals surface area contributed by atoms with Crippen molar-refractivity contribution in [3.8, 4) is 5.75 Å². The third-order valence-electron chi connectivity index (χ3n) is 4.86. The summed E-state index contributed by atoms with van der Waals surface area (Å²) in [5.74, 6) is 2.64. The maximum Gasteiger partial charge on any atom is 0.191 e. The lowest BCUT2D eigenvalue weighted by Crippen LogP contribution is -2.39. The predicted octanol–water partition coefficient (Wildman–Crippen LogP) is 3.67. The second-order valence-electron chi connectivity index (χ2n) is 7.43. The summed E-state index contributed by atoms with van der Waals surface area (Å²) >= 11 is 0. The number of hydrogen-bond donors (Lipinski definition) is 2. The predicted molar refractivity (Wildman–Crippen MR) is 126 cm³/mol. The van der Waals surface area contributed by atoms with Crippen LogP contribution in [-0.2, 0) is 0 Å². The fourth-order valence-corrected chi connectivity index (χ4v) is 3.27. The summed E-state index contributed by atoms with van der Waals surface area (Å²) in [6, 6.07) is 8.16. The van der Waals surface area contributed by atoms with Crippen LogP contribution in [0.1, 0.15) is 38.7 Å². The number of hydrogen-bond acceptors (Lipinski definition) is 3. The summed E-state index contributed by atoms with van der Waals surface area (Å²) in [6.45, 7) is 11.2. The van der Waals surface area contributed by atoms with Crippen LogP contribution in [-0.4, -0.2) is 56.7 Å². The van der Waals surface area contributed by atoms with Gasteiger partial charge < -0.3 is 20.3 Å². The van der Waals surface area contributed by atoms with E-state index in [9.17, 15) is 0 Å². The molecule has 27 heavy (non-hydrogen) atoms. The average molecular weight is 488 g/mol. The van der Waals surface area contributed by atoms with Crippen LogP contribution in [0, 0.1) is 12.8 Å². The van der Waals surface area contributed by atoms with Gasteiger partial charge in [-0.05, 0) is 83.8 Å². The van der Waals surface area contributed by atoms with Crippen molar-refractivity contribution in [2.45, 2.75) is 46.1 Å². The van der Waals surface area contributed by atoms with Crippen LogP contribution < -0.4 is 15.4 Å². The monoisotopic (exact) mass is 488 g/mol. The molecule has 0 saturated carbocycles. The Bertz CT molecular complexity index is 559. The molecule has 2 N–H and O–H groups in total. The summed E-state index contributed by atoms with van der Waals surface area (Å²) in [4.78, 5) is 7.11. The van der Waals surface area contributed by atoms with E-state index in [0.717, 1.165) is 30.7 Å². The number of benzene rings is 1. The lowest BCUT2D eigenvalue weighted by atomic mass is 9.94. The Labute approximate surface area is 182 Å². The van der Waals surface area contributed by atoms with E-state index in [1.807, 2.05) is 12.1 Å². The molecular weight excluding hydrogens is 451 g/mol. The van der Waals surface area contributed by atoms with E-state index in [-0.39, 0.29) is 30.1 Å². The first kappa shape index (κ1) is 24.0. The van der Waals surface area contributed by atoms with E-state index in [1.165, 1.54) is 37.9 Å². The highest BCUT2D eigenvalue weighted by Crippen LogP contribution is 2.18. The van der Waals surface area contributed by atoms with Crippen molar-refractivity contribution in [1.82, 2.24) is 15.5 Å². The molecule has 0 amide bonds. The van der Waals surface area contributed by atoms with E-state index in [1.54, 1.807) is 0 Å². The molecule has 6 heteroatoms. The number of nitrogens with zero attached hydrogens (tertiary/aromatic N) is 2. The van der Waals surface area contributed by atoms with Gasteiger partial charge in [0.2, 0.25) is 0 Å². The summed E-state index contributed by atoms with van der Waals surface area (Å²) in [7, 11) is 2.21. The second-order valence-corrected chi connectivity index (χ2v) is 7.43. The third kappa shape index (κ3) is 9.65. The fourth-order valence-electron chi connectivity index (χ4n) is 3.27. The Kier molecular flexibility index (Phi) is 11.7. The Morgan fingerprint density at radius 2 is 2.04 bits per heavy atom. The van der Waals surface area contributed by atoms with Gasteiger partial charge in [-0.1, -0.05) is 12.1 Å². The SMILES string of the molecule is CCNC(=NCC(C)Oc1cccc(C)c1)NCCC1CCN(C)CC1.I. The van der Waals surface area contributed by atoms with Gasteiger partial charge in [0.05, 0.1) is 6.54 Å². The van der Waals surface area contributed by atoms with E-state index in [2.05, 4.69) is 60.5 Å². The summed E-state index contributed by atoms with van der Waals surface area (Å²) in [5, 5.41) is 6.81. The Balaban J connectivity index is 0.00000364. The molecule has 0 spiro atoms. The van der Waals surface area contributed by atoms with Gasteiger partial charge in [-0.2, -0.15) is 0 Å². The number of halogens is 1. The van der Waals surface area contributed by atoms with Gasteiger partial charge in [0.15, 0.2) is 5.96 Å². The molecule has 0 aromatic heterocycles. The number of ether oxygens (including phenoxy) is 1. The average Bonchev–Trinajstić information content (AvgIpc) is 2.61. The molecule has 0 aliphatic carbocycles. The first-order valence-electron chi connectivity index (χ1n) is 10.0. The Morgan fingerprint density at radius 1 is 1.30 bits per heavy atom. The first-order chi connectivity index (χ1) is 12.6. The van der Waals surface area contributed by atoms with E-state index in [4.69, 9.17) is 4.74 Å². The number of aryl methyl sites for hydroxylation is 1. The summed E-state index contributed by atoms with van der Waals surface area (Å²) < 4.78 is 5.97. The van der Waals surface area contributed by atoms with Crippen molar-refractivity contribution in [2.24, 2.45) is 10.9 Å². The van der Waals surface area contributed by atoms with E-state index >= 15 is 0 Å². The summed E-state index contributed by atoms with van der Waals surface area (Å²) in [5.41, 5.74) is 1.21. The lowest BCUT2D eigenvalue weighted by molar-refractivity contribution is 0.213. The van der Waals surface area contributed by atoms with Crippen LogP contribution in [0.4, 0.5) is 0 Å². The van der Waals surface area contributed by atoms with Gasteiger partial charge >= 0.3 is 0 Å². The number of rotatable bonds is 8. The molecular formula is C21H37IN4O. The zero-order chi connectivity index (χ0) is 18.8. The maximum atomic E-state index is 5.97. The molecule has 1 aliphatic heterocycles. The van der Waals surface area contributed by atoms with E-state index in [0.29, 0.717) is 6.54 Å². The van der Waals surface area contributed by atoms with Gasteiger partial charge in [0.25, 0.3) is 0 Å². The van der Waals surface area contributed by atoms with Gasteiger partial charge in [-0.3, -0.25) is 0 Å². The fraction of sp³-hybridized carbons (Fsp3) is 0.667. The number of aliphatic imine (C=N–C) groups is 1. The zero-order valence-electron chi connectivity index (χ0n) is 17.3. The molecule has 1 aliphatic rings. The van der Waals surface area contributed by atoms with Crippen LogP contribution in [0.3, 0.4) is 0 Å². The topological polar surface area (TPSA) is 48.9 Å². The molecule has 1 heterocycles. The molecule has 1 unspecified atom stereocenters. The van der Waals surface area contributed by atoms with Gasteiger partial charge in [-0.15, -0.1) is 24.0 Å². The molecule has 1 aromatic carbocycles. The van der Waals surface area contributed by atoms with Crippen LogP contribution in [0.2, 0.25) is 0 Å². The van der Waals surface area contributed by atoms with Gasteiger partial charge in [0, 0.05) is 13.1 Å². The number of nitrogens with one attached hydrogen (secondary N) is 2. The molecule has 0 radical (unpaired) electrons. The van der Waals surface area contributed by atoms with Crippen LogP contribution in [0.15, 0.2) is 29.3 Å². The van der Waals surface area contributed by atoms with Gasteiger partial charge in [0.1, 0.15) is 11.9 Å². The van der Waals surface area contributed by atoms with Crippen molar-refractivity contribution >= 4 is 29.9 Å². The minimum atomic E-state index is 0. The first-order valence-corrected chi connectivity index (χ1v) is 10.0. The second kappa shape index (κ2) is 13.2. The summed E-state index contributed by atoms with van der Waals surface area (Å²) in [6.07, 6.45) is 3.88. The zero-order valence-corrected chi connectivity index (χ0v) is 19.7. The van der Waals surface area contributed by atoms with Crippen LogP contribution in [0.25, 0.3) is 0 Å². The largest absolute Gasteiger partial charge is 0.489 e. The van der Waals surface area contributed by atoms with E-state index < -0.39 is 0 Å². The van der Waals surface area contributed by atoms with Crippen molar-refractivity contribution < 1.29 is 4.74 Å². The molecule has 1 saturated heterocycles. The molecule has 1 fully saturated rings. The minimum absolute atomic E-state index is 0. The maximum absolute atomic E-state index is 5.97. The number of piperidine rings is 1. The smallest absolute Gasteiger partial charge is 0.191 e. The van der Waals surface area contributed by atoms with Crippen molar-refractivity contribution in [1.29, 1.82) is 0 Å². The normalized spacial score (nSPS) is 17.1. The standard InChI is InChI=1S/C21H36N4O.HI/c1-5-22-21(23-12-9-19-10-13-25(4)14-11-19)24-16-18(3)26-20-8-6-7-17(2)15-20;/h6-8,15,18-19H,5,9-14,16H2,1-4H3,(H2,22,23,24);1H. The van der Waals surface area contributed by atoms with Crippen molar-refractivity contribution in [3.63, 3.8) is 0 Å². The number of likely N-dealkylation sites (tertiary alicyclic amines) is 1. The highest BCUT2D eigenvalue weighted by atomic mass is 127. The molecule has 1 atom stereocenters. The molecule has 154 valence electrons. The Morgan fingerprint density at radius 3 is 2.70 bits per heavy atom. The molecule has 5 nitrogen and oxygen atoms in total. The van der Waals surface area contributed by atoms with Crippen molar-refractivity contribution in [3.05, 3.63) is 29.8 Å². The Hall–Kier alpha value is -1.02. The highest BCUT2D eigenvalue weighted by molar-refractivity contribution is 14.0. The molecule has 2 rings (SSSR count). The lowest BCUT2D eigenvalue weighted by Gasteiger charge is -2.29.